The molecular formula is C21H19N3O4S. The molecule has 0 saturated carbocycles. The van der Waals surface area contributed by atoms with Gasteiger partial charge in [0.25, 0.3) is 0 Å². The molecule has 0 saturated heterocycles. The van der Waals surface area contributed by atoms with Gasteiger partial charge in [-0.3, -0.25) is 0 Å². The number of hydrogen-bond donors (Lipinski definition) is 1. The molecule has 0 unspecified atom stereocenters. The van der Waals surface area contributed by atoms with Gasteiger partial charge in [-0.1, -0.05) is 42.5 Å². The Balaban J connectivity index is 1.71. The summed E-state index contributed by atoms with van der Waals surface area (Å²) >= 11 is 0. The first-order chi connectivity index (χ1) is 13.9. The van der Waals surface area contributed by atoms with Gasteiger partial charge in [0.15, 0.2) is 0 Å². The van der Waals surface area contributed by atoms with E-state index in [-0.39, 0.29) is 17.2 Å². The molecule has 1 heterocycles. The summed E-state index contributed by atoms with van der Waals surface area (Å²) in [6.45, 7) is 0.0400. The lowest BCUT2D eigenvalue weighted by Gasteiger charge is -2.08. The molecule has 29 heavy (non-hydrogen) atoms. The van der Waals surface area contributed by atoms with Crippen molar-refractivity contribution >= 4 is 16.0 Å². The van der Waals surface area contributed by atoms with Crippen LogP contribution in [-0.4, -0.2) is 26.0 Å². The molecule has 0 amide bonds. The zero-order valence-electron chi connectivity index (χ0n) is 15.9. The van der Waals surface area contributed by atoms with Crippen molar-refractivity contribution in [1.29, 1.82) is 5.26 Å². The third kappa shape index (κ3) is 4.37. The van der Waals surface area contributed by atoms with Gasteiger partial charge in [-0.15, -0.1) is 0 Å². The molecule has 7 nitrogen and oxygen atoms in total. The molecule has 0 aliphatic rings. The molecule has 0 atom stereocenters. The Labute approximate surface area is 169 Å². The van der Waals surface area contributed by atoms with Crippen molar-refractivity contribution in [3.63, 3.8) is 0 Å². The second-order valence-electron chi connectivity index (χ2n) is 6.31. The van der Waals surface area contributed by atoms with Crippen molar-refractivity contribution in [3.8, 4) is 17.2 Å². The van der Waals surface area contributed by atoms with Crippen LogP contribution in [0.4, 0.5) is 0 Å². The largest absolute Gasteiger partial charge is 0.456 e. The quantitative estimate of drug-likeness (QED) is 0.631. The van der Waals surface area contributed by atoms with Gasteiger partial charge in [0.2, 0.25) is 10.0 Å². The number of nitriles is 1. The number of nitrogens with zero attached hydrogens (tertiary/aromatic N) is 2. The predicted octanol–water partition coefficient (Wildman–Crippen LogP) is 2.83. The van der Waals surface area contributed by atoms with E-state index in [9.17, 15) is 18.5 Å². The van der Waals surface area contributed by atoms with E-state index < -0.39 is 16.0 Å². The van der Waals surface area contributed by atoms with Crippen molar-refractivity contribution in [2.75, 3.05) is 7.05 Å². The SMILES string of the molecule is CNS(=O)(=O)c1cc(C(=O)OCc2ccc(-c3ccccc3C#N)cc2)n(C)c1. The lowest BCUT2D eigenvalue weighted by atomic mass is 9.99. The third-order valence-corrected chi connectivity index (χ3v) is 5.83. The number of aryl methyl sites for hydroxylation is 1. The van der Waals surface area contributed by atoms with Gasteiger partial charge in [-0.2, -0.15) is 5.26 Å². The van der Waals surface area contributed by atoms with E-state index in [1.165, 1.54) is 23.9 Å². The molecule has 0 bridgehead atoms. The Morgan fingerprint density at radius 2 is 1.86 bits per heavy atom. The van der Waals surface area contributed by atoms with E-state index >= 15 is 0 Å². The molecule has 8 heteroatoms. The fourth-order valence-corrected chi connectivity index (χ4v) is 3.64. The highest BCUT2D eigenvalue weighted by Gasteiger charge is 2.20. The molecule has 1 N–H and O–H groups in total. The van der Waals surface area contributed by atoms with Gasteiger partial charge >= 0.3 is 5.97 Å². The summed E-state index contributed by atoms with van der Waals surface area (Å²) in [4.78, 5) is 12.3. The fraction of sp³-hybridized carbons (Fsp3) is 0.143. The van der Waals surface area contributed by atoms with Gasteiger partial charge < -0.3 is 9.30 Å². The van der Waals surface area contributed by atoms with Gasteiger partial charge in [0, 0.05) is 13.2 Å². The van der Waals surface area contributed by atoms with Crippen LogP contribution in [0.2, 0.25) is 0 Å². The Kier molecular flexibility index (Phi) is 5.82. The lowest BCUT2D eigenvalue weighted by Crippen LogP contribution is -2.17. The molecular weight excluding hydrogens is 390 g/mol. The Hall–Kier alpha value is -3.41. The van der Waals surface area contributed by atoms with Crippen LogP contribution in [0.1, 0.15) is 21.6 Å². The minimum absolute atomic E-state index is 0.00467. The molecule has 0 aliphatic heterocycles. The van der Waals surface area contributed by atoms with Crippen LogP contribution < -0.4 is 4.72 Å². The third-order valence-electron chi connectivity index (χ3n) is 4.45. The average molecular weight is 409 g/mol. The van der Waals surface area contributed by atoms with E-state index in [1.807, 2.05) is 42.5 Å². The van der Waals surface area contributed by atoms with Crippen molar-refractivity contribution in [2.24, 2.45) is 7.05 Å². The molecule has 148 valence electrons. The number of rotatable bonds is 6. The number of hydrogen-bond acceptors (Lipinski definition) is 5. The zero-order chi connectivity index (χ0) is 21.0. The normalized spacial score (nSPS) is 11.1. The number of nitrogens with one attached hydrogen (secondary N) is 1. The van der Waals surface area contributed by atoms with Crippen LogP contribution in [0.15, 0.2) is 65.7 Å². The summed E-state index contributed by atoms with van der Waals surface area (Å²) in [5.74, 6) is -0.621. The maximum absolute atomic E-state index is 12.3. The Bertz CT molecular complexity index is 1190. The highest BCUT2D eigenvalue weighted by molar-refractivity contribution is 7.89. The Morgan fingerprint density at radius 1 is 1.17 bits per heavy atom. The molecule has 3 aromatic rings. The van der Waals surface area contributed by atoms with E-state index in [1.54, 1.807) is 13.1 Å². The van der Waals surface area contributed by atoms with E-state index in [4.69, 9.17) is 4.74 Å². The molecule has 0 radical (unpaired) electrons. The van der Waals surface area contributed by atoms with Crippen LogP contribution in [0, 0.1) is 11.3 Å². The van der Waals surface area contributed by atoms with Gasteiger partial charge in [0.05, 0.1) is 11.6 Å². The maximum Gasteiger partial charge on any atom is 0.355 e. The number of benzene rings is 2. The zero-order valence-corrected chi connectivity index (χ0v) is 16.7. The van der Waals surface area contributed by atoms with Crippen molar-refractivity contribution in [3.05, 3.63) is 77.6 Å². The maximum atomic E-state index is 12.3. The number of ether oxygens (including phenoxy) is 1. The van der Waals surface area contributed by atoms with E-state index in [0.29, 0.717) is 5.56 Å². The number of aromatic nitrogens is 1. The summed E-state index contributed by atoms with van der Waals surface area (Å²) in [5.41, 5.74) is 3.22. The highest BCUT2D eigenvalue weighted by atomic mass is 32.2. The number of carbonyl (C=O) groups is 1. The van der Waals surface area contributed by atoms with Crippen LogP contribution in [0.5, 0.6) is 0 Å². The number of esters is 1. The smallest absolute Gasteiger partial charge is 0.355 e. The number of carbonyl (C=O) groups excluding carboxylic acids is 1. The molecule has 3 rings (SSSR count). The molecule has 1 aromatic heterocycles. The van der Waals surface area contributed by atoms with Gasteiger partial charge in [0.1, 0.15) is 17.2 Å². The summed E-state index contributed by atoms with van der Waals surface area (Å²) < 4.78 is 32.7. The van der Waals surface area contributed by atoms with E-state index in [2.05, 4.69) is 10.8 Å². The fourth-order valence-electron chi connectivity index (χ4n) is 2.84. The standard InChI is InChI=1S/C21H19N3O4S/c1-23-29(26,27)18-11-20(24(2)13-18)21(25)28-14-15-7-9-16(10-8-15)19-6-4-3-5-17(19)12-22/h3-11,13,23H,14H2,1-2H3. The summed E-state index contributed by atoms with van der Waals surface area (Å²) in [5, 5.41) is 9.23. The molecule has 0 fully saturated rings. The average Bonchev–Trinajstić information content (AvgIpc) is 3.15. The van der Waals surface area contributed by atoms with Crippen molar-refractivity contribution < 1.29 is 17.9 Å². The first kappa shape index (κ1) is 20.3. The van der Waals surface area contributed by atoms with Crippen LogP contribution in [0.3, 0.4) is 0 Å². The Morgan fingerprint density at radius 3 is 2.52 bits per heavy atom. The first-order valence-corrected chi connectivity index (χ1v) is 10.2. The first-order valence-electron chi connectivity index (χ1n) is 8.71. The minimum atomic E-state index is -3.64. The van der Waals surface area contributed by atoms with Crippen molar-refractivity contribution in [2.45, 2.75) is 11.5 Å². The molecule has 2 aromatic carbocycles. The monoisotopic (exact) mass is 409 g/mol. The summed E-state index contributed by atoms with van der Waals surface area (Å²) in [6.07, 6.45) is 1.35. The highest BCUT2D eigenvalue weighted by Crippen LogP contribution is 2.24. The summed E-state index contributed by atoms with van der Waals surface area (Å²) in [7, 11) is -0.758. The van der Waals surface area contributed by atoms with Gasteiger partial charge in [-0.05, 0) is 35.9 Å². The minimum Gasteiger partial charge on any atom is -0.456 e. The topological polar surface area (TPSA) is 101 Å². The lowest BCUT2D eigenvalue weighted by molar-refractivity contribution is 0.0461. The second kappa shape index (κ2) is 8.31. The second-order valence-corrected chi connectivity index (χ2v) is 8.20. The van der Waals surface area contributed by atoms with Crippen molar-refractivity contribution in [1.82, 2.24) is 9.29 Å². The predicted molar refractivity (Wildman–Crippen MR) is 107 cm³/mol. The molecule has 0 aliphatic carbocycles. The molecule has 0 spiro atoms. The van der Waals surface area contributed by atoms with Crippen LogP contribution in [0.25, 0.3) is 11.1 Å². The van der Waals surface area contributed by atoms with Crippen LogP contribution in [-0.2, 0) is 28.4 Å². The van der Waals surface area contributed by atoms with Crippen LogP contribution >= 0.6 is 0 Å². The number of sulfonamides is 1. The van der Waals surface area contributed by atoms with Gasteiger partial charge in [-0.25, -0.2) is 17.9 Å². The summed E-state index contributed by atoms with van der Waals surface area (Å²) in [6, 6.07) is 18.1. The van der Waals surface area contributed by atoms with E-state index in [0.717, 1.165) is 16.7 Å².